The highest BCUT2D eigenvalue weighted by atomic mass is 16.2. The lowest BCUT2D eigenvalue weighted by atomic mass is 10.1. The van der Waals surface area contributed by atoms with Crippen molar-refractivity contribution in [2.75, 3.05) is 37.6 Å². The molecule has 2 atom stereocenters. The SMILES string of the molecule is CCCCCNC(=O)C1CC1C(=O)N1CCN(c2cccc(C)c2C)CC1. The van der Waals surface area contributed by atoms with E-state index in [0.29, 0.717) is 0 Å². The largest absolute Gasteiger partial charge is 0.368 e. The van der Waals surface area contributed by atoms with Gasteiger partial charge in [0.15, 0.2) is 0 Å². The van der Waals surface area contributed by atoms with E-state index in [1.54, 1.807) is 0 Å². The number of hydrogen-bond acceptors (Lipinski definition) is 3. The molecule has 2 aliphatic rings. The van der Waals surface area contributed by atoms with E-state index in [1.807, 2.05) is 4.90 Å². The lowest BCUT2D eigenvalue weighted by Gasteiger charge is -2.37. The fourth-order valence-corrected chi connectivity index (χ4v) is 3.96. The first-order valence-corrected chi connectivity index (χ1v) is 10.4. The van der Waals surface area contributed by atoms with Crippen molar-refractivity contribution in [1.82, 2.24) is 10.2 Å². The summed E-state index contributed by atoms with van der Waals surface area (Å²) in [5.41, 5.74) is 3.90. The molecule has 0 aromatic heterocycles. The fraction of sp³-hybridized carbons (Fsp3) is 0.636. The smallest absolute Gasteiger partial charge is 0.226 e. The maximum Gasteiger partial charge on any atom is 0.226 e. The van der Waals surface area contributed by atoms with Crippen LogP contribution in [-0.2, 0) is 9.59 Å². The normalized spacial score (nSPS) is 21.9. The van der Waals surface area contributed by atoms with Crippen LogP contribution in [0.4, 0.5) is 5.69 Å². The first-order chi connectivity index (χ1) is 13.0. The molecular formula is C22H33N3O2. The van der Waals surface area contributed by atoms with Crippen LogP contribution in [0, 0.1) is 25.7 Å². The second-order valence-corrected chi connectivity index (χ2v) is 7.98. The van der Waals surface area contributed by atoms with Crippen molar-refractivity contribution in [1.29, 1.82) is 0 Å². The molecule has 1 aromatic carbocycles. The van der Waals surface area contributed by atoms with Gasteiger partial charge in [0.05, 0.1) is 11.8 Å². The Kier molecular flexibility index (Phi) is 6.40. The first kappa shape index (κ1) is 19.7. The average molecular weight is 372 g/mol. The van der Waals surface area contributed by atoms with Crippen molar-refractivity contribution in [3.63, 3.8) is 0 Å². The van der Waals surface area contributed by atoms with Crippen molar-refractivity contribution in [3.8, 4) is 0 Å². The quantitative estimate of drug-likeness (QED) is 0.750. The molecule has 2 unspecified atom stereocenters. The summed E-state index contributed by atoms with van der Waals surface area (Å²) >= 11 is 0. The predicted octanol–water partition coefficient (Wildman–Crippen LogP) is 2.89. The number of rotatable bonds is 7. The van der Waals surface area contributed by atoms with E-state index in [2.05, 4.69) is 49.2 Å². The molecule has 1 saturated heterocycles. The number of carbonyl (C=O) groups is 2. The van der Waals surface area contributed by atoms with E-state index in [-0.39, 0.29) is 23.7 Å². The third kappa shape index (κ3) is 4.63. The average Bonchev–Trinajstić information content (AvgIpc) is 3.48. The van der Waals surface area contributed by atoms with E-state index < -0.39 is 0 Å². The zero-order chi connectivity index (χ0) is 19.4. The second-order valence-electron chi connectivity index (χ2n) is 7.98. The highest BCUT2D eigenvalue weighted by molar-refractivity contribution is 5.92. The highest BCUT2D eigenvalue weighted by Gasteiger charge is 2.49. The van der Waals surface area contributed by atoms with Gasteiger partial charge in [-0.2, -0.15) is 0 Å². The molecule has 0 radical (unpaired) electrons. The number of amides is 2. The topological polar surface area (TPSA) is 52.7 Å². The maximum absolute atomic E-state index is 12.7. The van der Waals surface area contributed by atoms with Gasteiger partial charge in [-0.1, -0.05) is 31.9 Å². The lowest BCUT2D eigenvalue weighted by Crippen LogP contribution is -2.49. The molecule has 5 nitrogen and oxygen atoms in total. The van der Waals surface area contributed by atoms with Crippen LogP contribution in [-0.4, -0.2) is 49.4 Å². The van der Waals surface area contributed by atoms with Crippen molar-refractivity contribution in [2.45, 2.75) is 46.5 Å². The van der Waals surface area contributed by atoms with Crippen molar-refractivity contribution in [2.24, 2.45) is 11.8 Å². The van der Waals surface area contributed by atoms with Crippen LogP contribution in [0.5, 0.6) is 0 Å². The second kappa shape index (κ2) is 8.77. The maximum atomic E-state index is 12.7. The Morgan fingerprint density at radius 2 is 1.81 bits per heavy atom. The van der Waals surface area contributed by atoms with Gasteiger partial charge in [0.25, 0.3) is 0 Å². The molecule has 2 amide bonds. The van der Waals surface area contributed by atoms with E-state index in [9.17, 15) is 9.59 Å². The van der Waals surface area contributed by atoms with E-state index in [1.165, 1.54) is 16.8 Å². The van der Waals surface area contributed by atoms with Gasteiger partial charge in [-0.3, -0.25) is 9.59 Å². The molecule has 27 heavy (non-hydrogen) atoms. The van der Waals surface area contributed by atoms with Gasteiger partial charge in [0.2, 0.25) is 11.8 Å². The van der Waals surface area contributed by atoms with Crippen molar-refractivity contribution < 1.29 is 9.59 Å². The zero-order valence-corrected chi connectivity index (χ0v) is 17.0. The number of unbranched alkanes of at least 4 members (excludes halogenated alkanes) is 2. The minimum Gasteiger partial charge on any atom is -0.368 e. The minimum atomic E-state index is -0.101. The van der Waals surface area contributed by atoms with Gasteiger partial charge in [-0.15, -0.1) is 0 Å². The lowest BCUT2D eigenvalue weighted by molar-refractivity contribution is -0.135. The Morgan fingerprint density at radius 3 is 2.52 bits per heavy atom. The van der Waals surface area contributed by atoms with Crippen LogP contribution in [0.1, 0.15) is 43.7 Å². The van der Waals surface area contributed by atoms with Crippen LogP contribution in [0.2, 0.25) is 0 Å². The summed E-state index contributed by atoms with van der Waals surface area (Å²) in [5.74, 6) is 0.0439. The Labute approximate surface area is 163 Å². The summed E-state index contributed by atoms with van der Waals surface area (Å²) in [6, 6.07) is 6.40. The number of benzene rings is 1. The molecule has 3 rings (SSSR count). The highest BCUT2D eigenvalue weighted by Crippen LogP contribution is 2.40. The molecule has 0 spiro atoms. The summed E-state index contributed by atoms with van der Waals surface area (Å²) < 4.78 is 0. The summed E-state index contributed by atoms with van der Waals surface area (Å²) in [6.45, 7) is 10.4. The molecule has 1 N–H and O–H groups in total. The molecule has 1 aliphatic carbocycles. The summed E-state index contributed by atoms with van der Waals surface area (Å²) in [4.78, 5) is 29.3. The van der Waals surface area contributed by atoms with Crippen LogP contribution in [0.15, 0.2) is 18.2 Å². The van der Waals surface area contributed by atoms with E-state index in [4.69, 9.17) is 0 Å². The Hall–Kier alpha value is -2.04. The number of carbonyl (C=O) groups excluding carboxylic acids is 2. The molecular weight excluding hydrogens is 338 g/mol. The standard InChI is InChI=1S/C22H33N3O2/c1-4-5-6-10-23-21(26)18-15-19(18)22(27)25-13-11-24(12-14-25)20-9-7-8-16(2)17(20)3/h7-9,18-19H,4-6,10-15H2,1-3H3,(H,23,26). The van der Waals surface area contributed by atoms with Gasteiger partial charge in [0, 0.05) is 38.4 Å². The minimum absolute atomic E-state index is 0.0680. The molecule has 2 fully saturated rings. The summed E-state index contributed by atoms with van der Waals surface area (Å²) in [6.07, 6.45) is 4.02. The predicted molar refractivity (Wildman–Crippen MR) is 109 cm³/mol. The summed E-state index contributed by atoms with van der Waals surface area (Å²) in [7, 11) is 0. The first-order valence-electron chi connectivity index (χ1n) is 10.4. The van der Waals surface area contributed by atoms with Crippen LogP contribution in [0.25, 0.3) is 0 Å². The molecule has 1 aromatic rings. The summed E-state index contributed by atoms with van der Waals surface area (Å²) in [5, 5.41) is 2.99. The van der Waals surface area contributed by atoms with Crippen molar-refractivity contribution in [3.05, 3.63) is 29.3 Å². The Morgan fingerprint density at radius 1 is 1.07 bits per heavy atom. The van der Waals surface area contributed by atoms with Crippen LogP contribution in [0.3, 0.4) is 0 Å². The number of hydrogen-bond donors (Lipinski definition) is 1. The fourth-order valence-electron chi connectivity index (χ4n) is 3.96. The molecule has 148 valence electrons. The molecule has 1 heterocycles. The Bertz CT molecular complexity index is 680. The molecule has 1 aliphatic heterocycles. The zero-order valence-electron chi connectivity index (χ0n) is 17.0. The molecule has 0 bridgehead atoms. The van der Waals surface area contributed by atoms with E-state index in [0.717, 1.165) is 58.4 Å². The van der Waals surface area contributed by atoms with Gasteiger partial charge < -0.3 is 15.1 Å². The number of aryl methyl sites for hydroxylation is 1. The molecule has 5 heteroatoms. The van der Waals surface area contributed by atoms with Crippen LogP contribution < -0.4 is 10.2 Å². The third-order valence-electron chi connectivity index (χ3n) is 6.03. The Balaban J connectivity index is 1.45. The van der Waals surface area contributed by atoms with Gasteiger partial charge in [-0.25, -0.2) is 0 Å². The number of nitrogens with one attached hydrogen (secondary N) is 1. The van der Waals surface area contributed by atoms with Gasteiger partial charge >= 0.3 is 0 Å². The number of nitrogens with zero attached hydrogens (tertiary/aromatic N) is 2. The van der Waals surface area contributed by atoms with Gasteiger partial charge in [0.1, 0.15) is 0 Å². The number of piperazine rings is 1. The number of anilines is 1. The van der Waals surface area contributed by atoms with E-state index >= 15 is 0 Å². The van der Waals surface area contributed by atoms with Crippen molar-refractivity contribution >= 4 is 17.5 Å². The van der Waals surface area contributed by atoms with Gasteiger partial charge in [-0.05, 0) is 43.9 Å². The monoisotopic (exact) mass is 371 g/mol. The third-order valence-corrected chi connectivity index (χ3v) is 6.03. The molecule has 1 saturated carbocycles. The van der Waals surface area contributed by atoms with Crippen LogP contribution >= 0.6 is 0 Å².